The van der Waals surface area contributed by atoms with Crippen molar-refractivity contribution in [2.45, 2.75) is 39.5 Å². The normalized spacial score (nSPS) is 10.5. The topological polar surface area (TPSA) is 150 Å². The van der Waals surface area contributed by atoms with Gasteiger partial charge >= 0.3 is 12.1 Å². The average Bonchev–Trinajstić information content (AvgIpc) is 3.15. The molecule has 0 aliphatic rings. The van der Waals surface area contributed by atoms with E-state index >= 15 is 0 Å². The number of H-pyrrole nitrogens is 1. The number of carbonyl (C=O) groups is 3. The molecule has 1 aromatic heterocycles. The van der Waals surface area contributed by atoms with Crippen molar-refractivity contribution < 1.29 is 24.2 Å². The highest BCUT2D eigenvalue weighted by Crippen LogP contribution is 2.28. The molecule has 9 nitrogen and oxygen atoms in total. The van der Waals surface area contributed by atoms with Gasteiger partial charge in [0.25, 0.3) is 0 Å². The first-order chi connectivity index (χ1) is 16.7. The number of halogens is 1. The van der Waals surface area contributed by atoms with Gasteiger partial charge in [0, 0.05) is 40.7 Å². The molecule has 0 saturated heterocycles. The fraction of sp³-hybridized carbons (Fsp3) is 0.308. The van der Waals surface area contributed by atoms with Crippen LogP contribution in [0, 0.1) is 12.3 Å². The molecule has 5 N–H and O–H groups in total. The van der Waals surface area contributed by atoms with Crippen LogP contribution in [0.4, 0.5) is 4.79 Å². The van der Waals surface area contributed by atoms with Crippen LogP contribution in [0.3, 0.4) is 0 Å². The summed E-state index contributed by atoms with van der Waals surface area (Å²) in [5.74, 6) is -0.931. The van der Waals surface area contributed by atoms with Crippen LogP contribution < -0.4 is 10.5 Å². The molecule has 0 unspecified atom stereocenters. The molecule has 192 valence electrons. The summed E-state index contributed by atoms with van der Waals surface area (Å²) in [6.45, 7) is 3.61. The average molecular weight is 515 g/mol. The Bertz CT molecular complexity index is 1250. The summed E-state index contributed by atoms with van der Waals surface area (Å²) in [5, 5.41) is 17.2. The van der Waals surface area contributed by atoms with E-state index in [9.17, 15) is 14.4 Å². The van der Waals surface area contributed by atoms with Crippen LogP contribution in [0.5, 0.6) is 5.75 Å². The number of nitrogens with zero attached hydrogens (tertiary/aromatic N) is 1. The number of aryl methyl sites for hydroxylation is 2. The van der Waals surface area contributed by atoms with E-state index in [1.54, 1.807) is 30.3 Å². The maximum atomic E-state index is 13.1. The Labute approximate surface area is 215 Å². The lowest BCUT2D eigenvalue weighted by atomic mass is 9.99. The Hall–Kier alpha value is -3.85. The molecule has 3 aromatic rings. The second-order valence-corrected chi connectivity index (χ2v) is 8.40. The Morgan fingerprint density at radius 2 is 1.83 bits per heavy atom. The Kier molecular flexibility index (Phi) is 10.0. The number of ether oxygens (including phenoxy) is 1. The molecule has 0 bridgehead atoms. The molecule has 0 atom stereocenters. The highest BCUT2D eigenvalue weighted by atomic mass is 35.5. The Morgan fingerprint density at radius 1 is 1.14 bits per heavy atom. The number of nitrogens with two attached hydrogens (primary N) is 1. The number of nitrogen functional groups attached to an aromatic ring is 1. The van der Waals surface area contributed by atoms with E-state index in [1.165, 1.54) is 0 Å². The Morgan fingerprint density at radius 3 is 2.44 bits per heavy atom. The standard InChI is InChI=1S/C26H30N4O5.ClH/c1-3-4-13-30(15-23(32)33)26(34)35-19-10-11-21-20(14-19)24(16(2)29-21)22(31)12-7-17-5-8-18(9-6-17)25(27)28;/h5-6,8-11,14,29H,3-4,7,12-13,15H2,1-2H3,(H3,27,28)(H,32,33);1H. The summed E-state index contributed by atoms with van der Waals surface area (Å²) >= 11 is 0. The molecule has 0 saturated carbocycles. The summed E-state index contributed by atoms with van der Waals surface area (Å²) in [6, 6.07) is 12.2. The number of Topliss-reactive ketones (excluding diaryl/α,β-unsaturated/α-hetero) is 1. The van der Waals surface area contributed by atoms with E-state index in [2.05, 4.69) is 4.98 Å². The van der Waals surface area contributed by atoms with Crippen molar-refractivity contribution in [1.29, 1.82) is 5.41 Å². The highest BCUT2D eigenvalue weighted by Gasteiger charge is 2.20. The quantitative estimate of drug-likeness (QED) is 0.166. The van der Waals surface area contributed by atoms with Crippen LogP contribution in [0.1, 0.15) is 53.4 Å². The van der Waals surface area contributed by atoms with Gasteiger partial charge in [0.2, 0.25) is 0 Å². The molecule has 0 fully saturated rings. The predicted octanol–water partition coefficient (Wildman–Crippen LogP) is 4.68. The number of carbonyl (C=O) groups excluding carboxylic acids is 2. The number of hydrogen-bond donors (Lipinski definition) is 4. The second-order valence-electron chi connectivity index (χ2n) is 8.40. The van der Waals surface area contributed by atoms with Crippen LogP contribution in [0.25, 0.3) is 10.9 Å². The van der Waals surface area contributed by atoms with Gasteiger partial charge < -0.3 is 20.6 Å². The minimum atomic E-state index is -1.11. The molecule has 3 rings (SSSR count). The van der Waals surface area contributed by atoms with Gasteiger partial charge in [-0.05, 0) is 43.5 Å². The third-order valence-electron chi connectivity index (χ3n) is 5.71. The van der Waals surface area contributed by atoms with Crippen molar-refractivity contribution >= 4 is 47.0 Å². The van der Waals surface area contributed by atoms with Gasteiger partial charge in [0.1, 0.15) is 18.1 Å². The molecule has 0 spiro atoms. The number of aromatic nitrogens is 1. The lowest BCUT2D eigenvalue weighted by Crippen LogP contribution is -2.38. The zero-order valence-electron chi connectivity index (χ0n) is 20.3. The number of amides is 1. The van der Waals surface area contributed by atoms with Crippen LogP contribution in [0.15, 0.2) is 42.5 Å². The molecule has 0 aliphatic heterocycles. The fourth-order valence-corrected chi connectivity index (χ4v) is 3.87. The minimum absolute atomic E-state index is 0. The maximum Gasteiger partial charge on any atom is 0.415 e. The molecule has 1 amide bonds. The SMILES string of the molecule is CCCCN(CC(=O)O)C(=O)Oc1ccc2[nH]c(C)c(C(=O)CCc3ccc(C(=N)N)cc3)c2c1.Cl. The van der Waals surface area contributed by atoms with Crippen molar-refractivity contribution in [3.63, 3.8) is 0 Å². The van der Waals surface area contributed by atoms with Crippen molar-refractivity contribution in [3.05, 3.63) is 64.8 Å². The van der Waals surface area contributed by atoms with Crippen molar-refractivity contribution in [3.8, 4) is 5.75 Å². The molecule has 1 heterocycles. The molecule has 2 aromatic carbocycles. The largest absolute Gasteiger partial charge is 0.480 e. The van der Waals surface area contributed by atoms with E-state index in [4.69, 9.17) is 21.0 Å². The number of benzene rings is 2. The minimum Gasteiger partial charge on any atom is -0.480 e. The fourth-order valence-electron chi connectivity index (χ4n) is 3.87. The van der Waals surface area contributed by atoms with E-state index in [-0.39, 0.29) is 42.7 Å². The molecule has 36 heavy (non-hydrogen) atoms. The zero-order valence-corrected chi connectivity index (χ0v) is 21.1. The maximum absolute atomic E-state index is 13.1. The van der Waals surface area contributed by atoms with Gasteiger partial charge in [-0.25, -0.2) is 4.79 Å². The molecule has 10 heteroatoms. The van der Waals surface area contributed by atoms with Crippen molar-refractivity contribution in [2.24, 2.45) is 5.73 Å². The highest BCUT2D eigenvalue weighted by molar-refractivity contribution is 6.09. The third kappa shape index (κ3) is 7.08. The predicted molar refractivity (Wildman–Crippen MR) is 141 cm³/mol. The summed E-state index contributed by atoms with van der Waals surface area (Å²) in [6.07, 6.45) is 1.54. The van der Waals surface area contributed by atoms with E-state index in [1.807, 2.05) is 26.0 Å². The lowest BCUT2D eigenvalue weighted by Gasteiger charge is -2.19. The molecular weight excluding hydrogens is 484 g/mol. The first-order valence-corrected chi connectivity index (χ1v) is 11.5. The number of aromatic amines is 1. The number of ketones is 1. The number of nitrogens with one attached hydrogen (secondary N) is 2. The van der Waals surface area contributed by atoms with Crippen LogP contribution in [0.2, 0.25) is 0 Å². The number of amidine groups is 1. The van der Waals surface area contributed by atoms with Gasteiger partial charge in [-0.3, -0.25) is 19.9 Å². The van der Waals surface area contributed by atoms with Crippen molar-refractivity contribution in [2.75, 3.05) is 13.1 Å². The summed E-state index contributed by atoms with van der Waals surface area (Å²) < 4.78 is 5.46. The summed E-state index contributed by atoms with van der Waals surface area (Å²) in [7, 11) is 0. The zero-order chi connectivity index (χ0) is 25.5. The van der Waals surface area contributed by atoms with Gasteiger partial charge in [0.15, 0.2) is 5.78 Å². The van der Waals surface area contributed by atoms with Crippen LogP contribution >= 0.6 is 12.4 Å². The van der Waals surface area contributed by atoms with Crippen molar-refractivity contribution in [1.82, 2.24) is 9.88 Å². The monoisotopic (exact) mass is 514 g/mol. The third-order valence-corrected chi connectivity index (χ3v) is 5.71. The first-order valence-electron chi connectivity index (χ1n) is 11.5. The van der Waals surface area contributed by atoms with Gasteiger partial charge in [-0.1, -0.05) is 37.6 Å². The second kappa shape index (κ2) is 12.7. The number of fused-ring (bicyclic) bond motifs is 1. The molecule has 0 aliphatic carbocycles. The van der Waals surface area contributed by atoms with E-state index < -0.39 is 18.6 Å². The summed E-state index contributed by atoms with van der Waals surface area (Å²) in [4.78, 5) is 41.2. The number of aliphatic carboxylic acids is 1. The van der Waals surface area contributed by atoms with Gasteiger partial charge in [-0.2, -0.15) is 0 Å². The number of carboxylic acid groups (broad SMARTS) is 1. The van der Waals surface area contributed by atoms with Crippen LogP contribution in [-0.2, 0) is 11.2 Å². The number of rotatable bonds is 11. The van der Waals surface area contributed by atoms with Gasteiger partial charge in [-0.15, -0.1) is 12.4 Å². The van der Waals surface area contributed by atoms with Gasteiger partial charge in [0.05, 0.1) is 0 Å². The molecular formula is C26H31ClN4O5. The number of unbranched alkanes of at least 4 members (excludes halogenated alkanes) is 1. The Balaban J connectivity index is 0.00000456. The van der Waals surface area contributed by atoms with E-state index in [0.717, 1.165) is 28.1 Å². The first kappa shape index (κ1) is 28.4. The smallest absolute Gasteiger partial charge is 0.415 e. The molecule has 0 radical (unpaired) electrons. The number of carboxylic acids is 1. The van der Waals surface area contributed by atoms with Crippen LogP contribution in [-0.4, -0.2) is 51.8 Å². The summed E-state index contributed by atoms with van der Waals surface area (Å²) in [5.41, 5.74) is 9.07. The number of hydrogen-bond acceptors (Lipinski definition) is 5. The van der Waals surface area contributed by atoms with E-state index in [0.29, 0.717) is 29.4 Å². The lowest BCUT2D eigenvalue weighted by molar-refractivity contribution is -0.137.